The molecule has 1 aromatic carbocycles. The average molecular weight is 341 g/mol. The Kier molecular flexibility index (Phi) is 4.28. The van der Waals surface area contributed by atoms with Gasteiger partial charge in [-0.15, -0.1) is 0 Å². The van der Waals surface area contributed by atoms with E-state index in [1.165, 1.54) is 0 Å². The van der Waals surface area contributed by atoms with Crippen LogP contribution in [0.3, 0.4) is 0 Å². The van der Waals surface area contributed by atoms with Gasteiger partial charge in [-0.1, -0.05) is 35.0 Å². The van der Waals surface area contributed by atoms with Gasteiger partial charge in [-0.3, -0.25) is 9.88 Å². The van der Waals surface area contributed by atoms with Gasteiger partial charge in [0.05, 0.1) is 5.92 Å². The second-order valence-corrected chi connectivity index (χ2v) is 6.41. The zero-order valence-electron chi connectivity index (χ0n) is 13.1. The fourth-order valence-corrected chi connectivity index (χ4v) is 3.26. The highest BCUT2D eigenvalue weighted by Gasteiger charge is 2.28. The number of nitrogens with zero attached hydrogens (tertiary/aromatic N) is 4. The van der Waals surface area contributed by atoms with Crippen LogP contribution in [-0.4, -0.2) is 33.1 Å². The molecule has 0 aliphatic carbocycles. The van der Waals surface area contributed by atoms with Gasteiger partial charge in [-0.25, -0.2) is 0 Å². The molecule has 1 aliphatic rings. The highest BCUT2D eigenvalue weighted by atomic mass is 35.5. The van der Waals surface area contributed by atoms with E-state index in [1.54, 1.807) is 12.4 Å². The summed E-state index contributed by atoms with van der Waals surface area (Å²) in [6.07, 6.45) is 4.47. The highest BCUT2D eigenvalue weighted by Crippen LogP contribution is 2.29. The van der Waals surface area contributed by atoms with E-state index >= 15 is 0 Å². The van der Waals surface area contributed by atoms with E-state index in [2.05, 4.69) is 26.1 Å². The molecule has 1 aliphatic heterocycles. The maximum atomic E-state index is 6.25. The van der Waals surface area contributed by atoms with Crippen LogP contribution in [0.5, 0.6) is 0 Å². The van der Waals surface area contributed by atoms with Gasteiger partial charge in [0.25, 0.3) is 0 Å². The van der Waals surface area contributed by atoms with Gasteiger partial charge >= 0.3 is 0 Å². The summed E-state index contributed by atoms with van der Waals surface area (Å²) < 4.78 is 5.49. The van der Waals surface area contributed by atoms with Crippen LogP contribution in [-0.2, 0) is 6.54 Å². The summed E-state index contributed by atoms with van der Waals surface area (Å²) in [6.45, 7) is 2.76. The fraction of sp³-hybridized carbons (Fsp3) is 0.278. The van der Waals surface area contributed by atoms with Crippen molar-refractivity contribution >= 4 is 11.6 Å². The third-order valence-corrected chi connectivity index (χ3v) is 4.72. The van der Waals surface area contributed by atoms with Crippen molar-refractivity contribution in [2.45, 2.75) is 18.9 Å². The Labute approximate surface area is 145 Å². The first-order valence-electron chi connectivity index (χ1n) is 7.99. The molecule has 0 saturated carbocycles. The first-order chi connectivity index (χ1) is 11.8. The number of benzene rings is 1. The van der Waals surface area contributed by atoms with E-state index in [-0.39, 0.29) is 5.92 Å². The van der Waals surface area contributed by atoms with Crippen molar-refractivity contribution < 1.29 is 4.52 Å². The molecule has 6 heteroatoms. The molecular weight excluding hydrogens is 324 g/mol. The van der Waals surface area contributed by atoms with Crippen molar-refractivity contribution in [3.05, 3.63) is 65.3 Å². The molecule has 0 N–H and O–H groups in total. The van der Waals surface area contributed by atoms with Crippen molar-refractivity contribution in [2.75, 3.05) is 13.1 Å². The summed E-state index contributed by atoms with van der Waals surface area (Å²) in [5, 5.41) is 4.92. The Hall–Kier alpha value is -2.24. The minimum atomic E-state index is 0.274. The zero-order valence-corrected chi connectivity index (χ0v) is 13.9. The third-order valence-electron chi connectivity index (χ3n) is 4.35. The van der Waals surface area contributed by atoms with Gasteiger partial charge in [0.1, 0.15) is 0 Å². The lowest BCUT2D eigenvalue weighted by molar-refractivity contribution is 0.309. The van der Waals surface area contributed by atoms with Gasteiger partial charge in [-0.05, 0) is 36.7 Å². The molecule has 0 bridgehead atoms. The predicted molar refractivity (Wildman–Crippen MR) is 91.6 cm³/mol. The van der Waals surface area contributed by atoms with Crippen molar-refractivity contribution in [1.29, 1.82) is 0 Å². The Bertz CT molecular complexity index is 821. The maximum Gasteiger partial charge on any atom is 0.231 e. The molecule has 1 saturated heterocycles. The molecule has 0 amide bonds. The number of halogens is 1. The molecule has 1 fully saturated rings. The summed E-state index contributed by atoms with van der Waals surface area (Å²) in [5.74, 6) is 1.61. The number of pyridine rings is 1. The number of likely N-dealkylation sites (tertiary alicyclic amines) is 1. The van der Waals surface area contributed by atoms with Gasteiger partial charge in [0.15, 0.2) is 0 Å². The molecule has 24 heavy (non-hydrogen) atoms. The van der Waals surface area contributed by atoms with Crippen LogP contribution in [0.25, 0.3) is 11.4 Å². The summed E-state index contributed by atoms with van der Waals surface area (Å²) in [7, 11) is 0. The van der Waals surface area contributed by atoms with E-state index < -0.39 is 0 Å². The van der Waals surface area contributed by atoms with E-state index in [0.29, 0.717) is 11.7 Å². The Morgan fingerprint density at radius 3 is 2.83 bits per heavy atom. The lowest BCUT2D eigenvalue weighted by Gasteiger charge is -2.16. The lowest BCUT2D eigenvalue weighted by atomic mass is 10.1. The Morgan fingerprint density at radius 1 is 1.17 bits per heavy atom. The SMILES string of the molecule is Clc1ccccc1CN1CC[C@H](c2nc(-c3ccncc3)no2)C1. The van der Waals surface area contributed by atoms with Gasteiger partial charge in [-0.2, -0.15) is 4.98 Å². The molecule has 4 rings (SSSR count). The molecule has 2 aromatic heterocycles. The quantitative estimate of drug-likeness (QED) is 0.723. The number of rotatable bonds is 4. The van der Waals surface area contributed by atoms with Gasteiger partial charge in [0, 0.05) is 36.1 Å². The van der Waals surface area contributed by atoms with Crippen molar-refractivity contribution in [1.82, 2.24) is 20.0 Å². The topological polar surface area (TPSA) is 55.1 Å². The molecule has 1 atom stereocenters. The van der Waals surface area contributed by atoms with E-state index in [4.69, 9.17) is 16.1 Å². The number of hydrogen-bond acceptors (Lipinski definition) is 5. The van der Waals surface area contributed by atoms with Crippen LogP contribution in [0.4, 0.5) is 0 Å². The molecule has 3 aromatic rings. The molecule has 3 heterocycles. The summed E-state index contributed by atoms with van der Waals surface area (Å²) in [5.41, 5.74) is 2.08. The first-order valence-corrected chi connectivity index (χ1v) is 8.37. The predicted octanol–water partition coefficient (Wildman–Crippen LogP) is 3.77. The maximum absolute atomic E-state index is 6.25. The summed E-state index contributed by atoms with van der Waals surface area (Å²) in [6, 6.07) is 11.7. The average Bonchev–Trinajstić information content (AvgIpc) is 3.27. The van der Waals surface area contributed by atoms with Crippen LogP contribution < -0.4 is 0 Å². The van der Waals surface area contributed by atoms with Crippen molar-refractivity contribution in [3.8, 4) is 11.4 Å². The molecule has 122 valence electrons. The summed E-state index contributed by atoms with van der Waals surface area (Å²) >= 11 is 6.25. The van der Waals surface area contributed by atoms with Crippen LogP contribution in [0, 0.1) is 0 Å². The highest BCUT2D eigenvalue weighted by molar-refractivity contribution is 6.31. The second kappa shape index (κ2) is 6.71. The lowest BCUT2D eigenvalue weighted by Crippen LogP contribution is -2.20. The largest absolute Gasteiger partial charge is 0.339 e. The van der Waals surface area contributed by atoms with Gasteiger partial charge in [0.2, 0.25) is 11.7 Å². The second-order valence-electron chi connectivity index (χ2n) is 6.00. The summed E-state index contributed by atoms with van der Waals surface area (Å²) in [4.78, 5) is 10.9. The van der Waals surface area contributed by atoms with Crippen molar-refractivity contribution in [3.63, 3.8) is 0 Å². The third kappa shape index (κ3) is 3.18. The van der Waals surface area contributed by atoms with Crippen LogP contribution in [0.15, 0.2) is 53.3 Å². The standard InChI is InChI=1S/C18H17ClN4O/c19-16-4-2-1-3-14(16)11-23-10-7-15(12-23)18-21-17(22-24-18)13-5-8-20-9-6-13/h1-6,8-9,15H,7,10-12H2/t15-/m0/s1. The van der Waals surface area contributed by atoms with E-state index in [9.17, 15) is 0 Å². The molecule has 5 nitrogen and oxygen atoms in total. The van der Waals surface area contributed by atoms with Crippen molar-refractivity contribution in [2.24, 2.45) is 0 Å². The van der Waals surface area contributed by atoms with E-state index in [1.807, 2.05) is 30.3 Å². The number of aromatic nitrogens is 3. The van der Waals surface area contributed by atoms with E-state index in [0.717, 1.165) is 42.2 Å². The Balaban J connectivity index is 1.44. The molecule has 0 unspecified atom stereocenters. The van der Waals surface area contributed by atoms with Gasteiger partial charge < -0.3 is 4.52 Å². The molecule has 0 radical (unpaired) electrons. The van der Waals surface area contributed by atoms with Crippen LogP contribution in [0.1, 0.15) is 23.8 Å². The van der Waals surface area contributed by atoms with Crippen LogP contribution >= 0.6 is 11.6 Å². The fourth-order valence-electron chi connectivity index (χ4n) is 3.06. The zero-order chi connectivity index (χ0) is 16.4. The monoisotopic (exact) mass is 340 g/mol. The molecular formula is C18H17ClN4O. The minimum absolute atomic E-state index is 0.274. The normalized spacial score (nSPS) is 18.1. The molecule has 0 spiro atoms. The smallest absolute Gasteiger partial charge is 0.231 e. The van der Waals surface area contributed by atoms with Crippen LogP contribution in [0.2, 0.25) is 5.02 Å². The Morgan fingerprint density at radius 2 is 2.00 bits per heavy atom. The minimum Gasteiger partial charge on any atom is -0.339 e. The first kappa shape index (κ1) is 15.3. The number of hydrogen-bond donors (Lipinski definition) is 0.